The van der Waals surface area contributed by atoms with Crippen LogP contribution in [0.15, 0.2) is 60.7 Å². The zero-order valence-electron chi connectivity index (χ0n) is 15.4. The molecule has 2 aromatic carbocycles. The number of anilines is 2. The van der Waals surface area contributed by atoms with Gasteiger partial charge in [0.05, 0.1) is 5.52 Å². The molecule has 2 N–H and O–H groups in total. The molecule has 1 heterocycles. The van der Waals surface area contributed by atoms with Crippen molar-refractivity contribution in [1.29, 1.82) is 0 Å². The number of hydrogen-bond donors (Lipinski definition) is 2. The number of rotatable bonds is 3. The third kappa shape index (κ3) is 5.04. The SMILES string of the molecule is CC(C)(C)OC(=O)Nc1ccc(NC(=O)c2ccc3ccccc3n2)cc1. The van der Waals surface area contributed by atoms with E-state index in [4.69, 9.17) is 4.74 Å². The molecule has 0 aliphatic rings. The molecule has 0 saturated heterocycles. The van der Waals surface area contributed by atoms with Gasteiger partial charge in [0.15, 0.2) is 0 Å². The maximum atomic E-state index is 12.4. The zero-order valence-corrected chi connectivity index (χ0v) is 15.4. The fourth-order valence-electron chi connectivity index (χ4n) is 2.45. The highest BCUT2D eigenvalue weighted by Gasteiger charge is 2.16. The molecule has 6 heteroatoms. The minimum atomic E-state index is -0.565. The number of hydrogen-bond acceptors (Lipinski definition) is 4. The van der Waals surface area contributed by atoms with Crippen LogP contribution in [0.25, 0.3) is 10.9 Å². The number of pyridine rings is 1. The van der Waals surface area contributed by atoms with E-state index in [-0.39, 0.29) is 5.91 Å². The first-order chi connectivity index (χ1) is 12.8. The van der Waals surface area contributed by atoms with E-state index in [2.05, 4.69) is 15.6 Å². The van der Waals surface area contributed by atoms with E-state index >= 15 is 0 Å². The number of carbonyl (C=O) groups is 2. The van der Waals surface area contributed by atoms with Crippen LogP contribution in [-0.2, 0) is 4.74 Å². The van der Waals surface area contributed by atoms with Crippen molar-refractivity contribution in [1.82, 2.24) is 4.98 Å². The third-order valence-corrected chi connectivity index (χ3v) is 3.62. The van der Waals surface area contributed by atoms with Gasteiger partial charge in [-0.05, 0) is 57.2 Å². The van der Waals surface area contributed by atoms with Crippen LogP contribution < -0.4 is 10.6 Å². The highest BCUT2D eigenvalue weighted by molar-refractivity contribution is 6.04. The summed E-state index contributed by atoms with van der Waals surface area (Å²) >= 11 is 0. The molecule has 0 radical (unpaired) electrons. The van der Waals surface area contributed by atoms with Gasteiger partial charge in [0.25, 0.3) is 5.91 Å². The van der Waals surface area contributed by atoms with Gasteiger partial charge in [0, 0.05) is 16.8 Å². The summed E-state index contributed by atoms with van der Waals surface area (Å²) in [6, 6.07) is 18.0. The van der Waals surface area contributed by atoms with E-state index < -0.39 is 11.7 Å². The molecule has 0 aliphatic carbocycles. The van der Waals surface area contributed by atoms with Crippen molar-refractivity contribution in [2.45, 2.75) is 26.4 Å². The van der Waals surface area contributed by atoms with Gasteiger partial charge in [-0.2, -0.15) is 0 Å². The van der Waals surface area contributed by atoms with E-state index in [1.807, 2.05) is 30.3 Å². The van der Waals surface area contributed by atoms with E-state index in [0.29, 0.717) is 17.1 Å². The number of benzene rings is 2. The predicted molar refractivity (Wildman–Crippen MR) is 106 cm³/mol. The Kier molecular flexibility index (Phi) is 5.07. The van der Waals surface area contributed by atoms with E-state index in [0.717, 1.165) is 10.9 Å². The van der Waals surface area contributed by atoms with Crippen LogP contribution in [0.1, 0.15) is 31.3 Å². The summed E-state index contributed by atoms with van der Waals surface area (Å²) < 4.78 is 5.20. The van der Waals surface area contributed by atoms with Gasteiger partial charge in [-0.1, -0.05) is 24.3 Å². The summed E-state index contributed by atoms with van der Waals surface area (Å²) in [6.07, 6.45) is -0.528. The standard InChI is InChI=1S/C21H21N3O3/c1-21(2,3)27-20(26)23-16-11-9-15(10-12-16)22-19(25)18-13-8-14-6-4-5-7-17(14)24-18/h4-13H,1-3H3,(H,22,25)(H,23,26). The molecule has 0 atom stereocenters. The van der Waals surface area contributed by atoms with Crippen molar-refractivity contribution < 1.29 is 14.3 Å². The Morgan fingerprint density at radius 2 is 1.48 bits per heavy atom. The number of amides is 2. The summed E-state index contributed by atoms with van der Waals surface area (Å²) in [5.41, 5.74) is 1.72. The lowest BCUT2D eigenvalue weighted by Crippen LogP contribution is -2.27. The van der Waals surface area contributed by atoms with Crippen molar-refractivity contribution in [2.75, 3.05) is 10.6 Å². The monoisotopic (exact) mass is 363 g/mol. The van der Waals surface area contributed by atoms with Gasteiger partial charge in [-0.25, -0.2) is 9.78 Å². The second-order valence-electron chi connectivity index (χ2n) is 7.05. The molecular weight excluding hydrogens is 342 g/mol. The first kappa shape index (κ1) is 18.4. The van der Waals surface area contributed by atoms with Crippen molar-refractivity contribution in [2.24, 2.45) is 0 Å². The highest BCUT2D eigenvalue weighted by atomic mass is 16.6. The van der Waals surface area contributed by atoms with Crippen LogP contribution >= 0.6 is 0 Å². The van der Waals surface area contributed by atoms with Gasteiger partial charge in [-0.3, -0.25) is 10.1 Å². The van der Waals surface area contributed by atoms with Gasteiger partial charge in [0.1, 0.15) is 11.3 Å². The Balaban J connectivity index is 1.65. The summed E-state index contributed by atoms with van der Waals surface area (Å²) in [4.78, 5) is 28.6. The molecule has 6 nitrogen and oxygen atoms in total. The van der Waals surface area contributed by atoms with Crippen LogP contribution in [0, 0.1) is 0 Å². The highest BCUT2D eigenvalue weighted by Crippen LogP contribution is 2.17. The fourth-order valence-corrected chi connectivity index (χ4v) is 2.45. The molecule has 0 bridgehead atoms. The van der Waals surface area contributed by atoms with Crippen molar-refractivity contribution in [3.05, 3.63) is 66.4 Å². The molecule has 0 fully saturated rings. The number of carbonyl (C=O) groups excluding carboxylic acids is 2. The topological polar surface area (TPSA) is 80.3 Å². The molecule has 2 amide bonds. The third-order valence-electron chi connectivity index (χ3n) is 3.62. The number of para-hydroxylation sites is 1. The quantitative estimate of drug-likeness (QED) is 0.698. The van der Waals surface area contributed by atoms with Crippen molar-refractivity contribution >= 4 is 34.3 Å². The molecule has 0 spiro atoms. The van der Waals surface area contributed by atoms with Gasteiger partial charge >= 0.3 is 6.09 Å². The maximum Gasteiger partial charge on any atom is 0.412 e. The summed E-state index contributed by atoms with van der Waals surface area (Å²) in [5, 5.41) is 6.42. The molecule has 3 rings (SSSR count). The maximum absolute atomic E-state index is 12.4. The lowest BCUT2D eigenvalue weighted by Gasteiger charge is -2.19. The lowest BCUT2D eigenvalue weighted by atomic mass is 10.2. The first-order valence-electron chi connectivity index (χ1n) is 8.57. The predicted octanol–water partition coefficient (Wildman–Crippen LogP) is 4.83. The summed E-state index contributed by atoms with van der Waals surface area (Å²) in [5.74, 6) is -0.298. The normalized spacial score (nSPS) is 11.1. The van der Waals surface area contributed by atoms with Crippen LogP contribution in [-0.4, -0.2) is 22.6 Å². The average molecular weight is 363 g/mol. The summed E-state index contributed by atoms with van der Waals surface area (Å²) in [7, 11) is 0. The van der Waals surface area contributed by atoms with Crippen LogP contribution in [0.2, 0.25) is 0 Å². The number of aromatic nitrogens is 1. The average Bonchev–Trinajstić information content (AvgIpc) is 2.61. The van der Waals surface area contributed by atoms with E-state index in [9.17, 15) is 9.59 Å². The van der Waals surface area contributed by atoms with Crippen molar-refractivity contribution in [3.63, 3.8) is 0 Å². The molecule has 3 aromatic rings. The Morgan fingerprint density at radius 1 is 0.852 bits per heavy atom. The van der Waals surface area contributed by atoms with E-state index in [1.165, 1.54) is 0 Å². The van der Waals surface area contributed by atoms with Gasteiger partial charge in [0.2, 0.25) is 0 Å². The zero-order chi connectivity index (χ0) is 19.4. The number of ether oxygens (including phenoxy) is 1. The number of nitrogens with one attached hydrogen (secondary N) is 2. The Labute approximate surface area is 157 Å². The molecule has 0 saturated carbocycles. The van der Waals surface area contributed by atoms with Crippen molar-refractivity contribution in [3.8, 4) is 0 Å². The molecule has 1 aromatic heterocycles. The summed E-state index contributed by atoms with van der Waals surface area (Å²) in [6.45, 7) is 5.39. The second kappa shape index (κ2) is 7.45. The second-order valence-corrected chi connectivity index (χ2v) is 7.05. The minimum Gasteiger partial charge on any atom is -0.444 e. The fraction of sp³-hybridized carbons (Fsp3) is 0.190. The first-order valence-corrected chi connectivity index (χ1v) is 8.57. The Bertz CT molecular complexity index is 976. The van der Waals surface area contributed by atoms with Gasteiger partial charge < -0.3 is 10.1 Å². The lowest BCUT2D eigenvalue weighted by molar-refractivity contribution is 0.0635. The van der Waals surface area contributed by atoms with Gasteiger partial charge in [-0.15, -0.1) is 0 Å². The molecule has 27 heavy (non-hydrogen) atoms. The molecule has 138 valence electrons. The molecule has 0 unspecified atom stereocenters. The Hall–Kier alpha value is -3.41. The van der Waals surface area contributed by atoms with Crippen LogP contribution in [0.4, 0.5) is 16.2 Å². The van der Waals surface area contributed by atoms with E-state index in [1.54, 1.807) is 51.1 Å². The smallest absolute Gasteiger partial charge is 0.412 e. The Morgan fingerprint density at radius 3 is 2.15 bits per heavy atom. The molecular formula is C21H21N3O3. The molecule has 0 aliphatic heterocycles. The number of nitrogens with zero attached hydrogens (tertiary/aromatic N) is 1. The van der Waals surface area contributed by atoms with Crippen LogP contribution in [0.3, 0.4) is 0 Å². The largest absolute Gasteiger partial charge is 0.444 e. The van der Waals surface area contributed by atoms with Crippen LogP contribution in [0.5, 0.6) is 0 Å². The number of fused-ring (bicyclic) bond motifs is 1. The minimum absolute atomic E-state index is 0.298.